The van der Waals surface area contributed by atoms with Crippen LogP contribution in [0.15, 0.2) is 30.3 Å². The minimum absolute atomic E-state index is 0.0243. The fourth-order valence-corrected chi connectivity index (χ4v) is 4.51. The van der Waals surface area contributed by atoms with Gasteiger partial charge in [-0.3, -0.25) is 4.79 Å². The number of hydrogen-bond donors (Lipinski definition) is 2. The van der Waals surface area contributed by atoms with Gasteiger partial charge in [0.2, 0.25) is 5.91 Å². The lowest BCUT2D eigenvalue weighted by molar-refractivity contribution is -0.157. The molecule has 0 heterocycles. The number of hydrogen-bond acceptors (Lipinski definition) is 3. The van der Waals surface area contributed by atoms with Crippen molar-refractivity contribution in [2.24, 2.45) is 11.1 Å². The van der Waals surface area contributed by atoms with Crippen LogP contribution in [-0.2, 0) is 16.0 Å². The van der Waals surface area contributed by atoms with Crippen molar-refractivity contribution in [2.75, 3.05) is 6.61 Å². The van der Waals surface area contributed by atoms with E-state index >= 15 is 0 Å². The van der Waals surface area contributed by atoms with Crippen LogP contribution in [0.1, 0.15) is 51.0 Å². The molecule has 1 aromatic rings. The molecule has 2 aliphatic rings. The summed E-state index contributed by atoms with van der Waals surface area (Å²) in [7, 11) is 0. The first kappa shape index (κ1) is 17.4. The van der Waals surface area contributed by atoms with Gasteiger partial charge in [0.25, 0.3) is 0 Å². The molecule has 4 nitrogen and oxygen atoms in total. The molecule has 1 amide bonds. The normalized spacial score (nSPS) is 26.6. The first-order chi connectivity index (χ1) is 11.7. The maximum absolute atomic E-state index is 12.6. The molecule has 3 N–H and O–H groups in total. The zero-order valence-corrected chi connectivity index (χ0v) is 14.7. The van der Waals surface area contributed by atoms with Gasteiger partial charge in [0.15, 0.2) is 0 Å². The minimum Gasteiger partial charge on any atom is -0.378 e. The van der Waals surface area contributed by atoms with Crippen LogP contribution in [-0.4, -0.2) is 30.7 Å². The molecule has 0 radical (unpaired) electrons. The summed E-state index contributed by atoms with van der Waals surface area (Å²) in [5.74, 6) is -0.0243. The highest BCUT2D eigenvalue weighted by Crippen LogP contribution is 2.53. The molecule has 4 heteroatoms. The van der Waals surface area contributed by atoms with E-state index in [1.807, 2.05) is 30.3 Å². The lowest BCUT2D eigenvalue weighted by Gasteiger charge is -2.57. The highest BCUT2D eigenvalue weighted by Gasteiger charge is 2.56. The van der Waals surface area contributed by atoms with Gasteiger partial charge in [0.1, 0.15) is 0 Å². The summed E-state index contributed by atoms with van der Waals surface area (Å²) < 4.78 is 5.96. The summed E-state index contributed by atoms with van der Waals surface area (Å²) in [4.78, 5) is 12.6. The van der Waals surface area contributed by atoms with Crippen LogP contribution in [0.25, 0.3) is 0 Å². The molecule has 2 aliphatic carbocycles. The molecule has 2 saturated carbocycles. The van der Waals surface area contributed by atoms with Crippen molar-refractivity contribution in [1.29, 1.82) is 0 Å². The van der Waals surface area contributed by atoms with Gasteiger partial charge in [0.05, 0.1) is 12.1 Å². The number of carbonyl (C=O) groups excluding carboxylic acids is 1. The molecule has 0 aliphatic heterocycles. The smallest absolute Gasteiger partial charge is 0.237 e. The number of nitrogens with two attached hydrogens (primary N) is 1. The number of rotatable bonds is 6. The van der Waals surface area contributed by atoms with E-state index in [9.17, 15) is 4.79 Å². The van der Waals surface area contributed by atoms with Crippen LogP contribution in [0, 0.1) is 5.41 Å². The number of nitrogens with one attached hydrogen (secondary N) is 1. The van der Waals surface area contributed by atoms with E-state index in [0.29, 0.717) is 12.5 Å². The van der Waals surface area contributed by atoms with Crippen molar-refractivity contribution in [3.05, 3.63) is 35.9 Å². The predicted octanol–water partition coefficient (Wildman–Crippen LogP) is 2.80. The molecule has 3 rings (SSSR count). The van der Waals surface area contributed by atoms with Gasteiger partial charge in [-0.25, -0.2) is 0 Å². The Morgan fingerprint density at radius 2 is 2.00 bits per heavy atom. The van der Waals surface area contributed by atoms with Crippen LogP contribution < -0.4 is 11.1 Å². The van der Waals surface area contributed by atoms with Gasteiger partial charge in [-0.05, 0) is 38.2 Å². The lowest BCUT2D eigenvalue weighted by atomic mass is 9.55. The van der Waals surface area contributed by atoms with Crippen molar-refractivity contribution in [3.63, 3.8) is 0 Å². The Morgan fingerprint density at radius 1 is 1.29 bits per heavy atom. The van der Waals surface area contributed by atoms with Crippen LogP contribution >= 0.6 is 0 Å². The summed E-state index contributed by atoms with van der Waals surface area (Å²) in [5, 5.41) is 3.24. The Balaban J connectivity index is 1.59. The molecule has 24 heavy (non-hydrogen) atoms. The zero-order chi connectivity index (χ0) is 17.0. The summed E-state index contributed by atoms with van der Waals surface area (Å²) in [6.07, 6.45) is 7.93. The topological polar surface area (TPSA) is 64.3 Å². The first-order valence-corrected chi connectivity index (χ1v) is 9.37. The molecule has 132 valence electrons. The maximum atomic E-state index is 12.6. The fourth-order valence-electron chi connectivity index (χ4n) is 4.51. The SMILES string of the molecule is CCOC1CC(NC(=O)[C@@H](N)Cc2ccccc2)C12CCCCC2. The van der Waals surface area contributed by atoms with Gasteiger partial charge < -0.3 is 15.8 Å². The van der Waals surface area contributed by atoms with Gasteiger partial charge in [-0.15, -0.1) is 0 Å². The van der Waals surface area contributed by atoms with Crippen molar-refractivity contribution >= 4 is 5.91 Å². The second kappa shape index (κ2) is 7.66. The molecular formula is C20H30N2O2. The largest absolute Gasteiger partial charge is 0.378 e. The third-order valence-corrected chi connectivity index (χ3v) is 5.89. The number of carbonyl (C=O) groups is 1. The Bertz CT molecular complexity index is 540. The molecule has 1 aromatic carbocycles. The quantitative estimate of drug-likeness (QED) is 0.843. The highest BCUT2D eigenvalue weighted by molar-refractivity contribution is 5.82. The van der Waals surface area contributed by atoms with Gasteiger partial charge in [0, 0.05) is 18.1 Å². The van der Waals surface area contributed by atoms with Crippen molar-refractivity contribution in [1.82, 2.24) is 5.32 Å². The van der Waals surface area contributed by atoms with Gasteiger partial charge >= 0.3 is 0 Å². The summed E-state index contributed by atoms with van der Waals surface area (Å²) in [6, 6.07) is 9.71. The minimum atomic E-state index is -0.487. The maximum Gasteiger partial charge on any atom is 0.237 e. The molecule has 0 aromatic heterocycles. The van der Waals surface area contributed by atoms with Gasteiger partial charge in [-0.2, -0.15) is 0 Å². The molecule has 0 bridgehead atoms. The van der Waals surface area contributed by atoms with Crippen LogP contribution in [0.2, 0.25) is 0 Å². The molecular weight excluding hydrogens is 300 g/mol. The van der Waals surface area contributed by atoms with Crippen molar-refractivity contribution in [3.8, 4) is 0 Å². The Morgan fingerprint density at radius 3 is 2.67 bits per heavy atom. The van der Waals surface area contributed by atoms with E-state index in [-0.39, 0.29) is 17.4 Å². The molecule has 3 atom stereocenters. The molecule has 2 fully saturated rings. The van der Waals surface area contributed by atoms with Crippen LogP contribution in [0.3, 0.4) is 0 Å². The lowest BCUT2D eigenvalue weighted by Crippen LogP contribution is -2.66. The Hall–Kier alpha value is -1.39. The van der Waals surface area contributed by atoms with Gasteiger partial charge in [-0.1, -0.05) is 49.6 Å². The second-order valence-electron chi connectivity index (χ2n) is 7.33. The van der Waals surface area contributed by atoms with Crippen LogP contribution in [0.5, 0.6) is 0 Å². The van der Waals surface area contributed by atoms with E-state index in [2.05, 4.69) is 12.2 Å². The molecule has 0 saturated heterocycles. The number of ether oxygens (including phenoxy) is 1. The Labute approximate surface area is 145 Å². The number of amides is 1. The highest BCUT2D eigenvalue weighted by atomic mass is 16.5. The average molecular weight is 330 g/mol. The summed E-state index contributed by atoms with van der Waals surface area (Å²) >= 11 is 0. The average Bonchev–Trinajstić information content (AvgIpc) is 2.62. The van der Waals surface area contributed by atoms with Crippen molar-refractivity contribution < 1.29 is 9.53 Å². The van der Waals surface area contributed by atoms with E-state index in [4.69, 9.17) is 10.5 Å². The van der Waals surface area contributed by atoms with Crippen molar-refractivity contribution in [2.45, 2.75) is 70.1 Å². The molecule has 1 spiro atoms. The monoisotopic (exact) mass is 330 g/mol. The second-order valence-corrected chi connectivity index (χ2v) is 7.33. The third-order valence-electron chi connectivity index (χ3n) is 5.89. The van der Waals surface area contributed by atoms with E-state index in [1.54, 1.807) is 0 Å². The zero-order valence-electron chi connectivity index (χ0n) is 14.7. The Kier molecular flexibility index (Phi) is 5.57. The summed E-state index contributed by atoms with van der Waals surface area (Å²) in [6.45, 7) is 2.80. The fraction of sp³-hybridized carbons (Fsp3) is 0.650. The van der Waals surface area contributed by atoms with Crippen LogP contribution in [0.4, 0.5) is 0 Å². The third kappa shape index (κ3) is 3.50. The van der Waals surface area contributed by atoms with E-state index < -0.39 is 6.04 Å². The molecule has 2 unspecified atom stereocenters. The number of benzene rings is 1. The van der Waals surface area contributed by atoms with E-state index in [0.717, 1.165) is 31.4 Å². The standard InChI is InChI=1S/C20H30N2O2/c1-2-24-18-14-17(20(18)11-7-4-8-12-20)22-19(23)16(21)13-15-9-5-3-6-10-15/h3,5-6,9-10,16-18H,2,4,7-8,11-14,21H2,1H3,(H,22,23)/t16-,17?,18?/m0/s1. The predicted molar refractivity (Wildman–Crippen MR) is 95.6 cm³/mol. The van der Waals surface area contributed by atoms with E-state index in [1.165, 1.54) is 19.3 Å². The first-order valence-electron chi connectivity index (χ1n) is 9.37. The summed E-state index contributed by atoms with van der Waals surface area (Å²) in [5.41, 5.74) is 7.40.